The fourth-order valence-electron chi connectivity index (χ4n) is 2.09. The van der Waals surface area contributed by atoms with E-state index in [2.05, 4.69) is 5.32 Å². The number of nitrogens with zero attached hydrogens (tertiary/aromatic N) is 1. The Morgan fingerprint density at radius 1 is 1.09 bits per heavy atom. The van der Waals surface area contributed by atoms with Gasteiger partial charge in [0.15, 0.2) is 0 Å². The molecule has 2 rings (SSSR count). The first-order valence-electron chi connectivity index (χ1n) is 7.43. The van der Waals surface area contributed by atoms with Crippen molar-refractivity contribution in [2.75, 3.05) is 25.5 Å². The van der Waals surface area contributed by atoms with Gasteiger partial charge in [-0.25, -0.2) is 0 Å². The van der Waals surface area contributed by atoms with E-state index in [1.807, 2.05) is 68.6 Å². The fourth-order valence-corrected chi connectivity index (χ4v) is 2.09. The third-order valence-corrected chi connectivity index (χ3v) is 3.30. The maximum Gasteiger partial charge on any atom is 0.241 e. The van der Waals surface area contributed by atoms with E-state index in [-0.39, 0.29) is 12.5 Å². The molecule has 0 aliphatic carbocycles. The molecule has 0 fully saturated rings. The van der Waals surface area contributed by atoms with Crippen molar-refractivity contribution in [1.29, 1.82) is 0 Å². The van der Waals surface area contributed by atoms with Crippen LogP contribution in [-0.4, -0.2) is 31.0 Å². The summed E-state index contributed by atoms with van der Waals surface area (Å²) in [6.07, 6.45) is 0. The van der Waals surface area contributed by atoms with Crippen LogP contribution >= 0.6 is 0 Å². The number of benzene rings is 2. The normalized spacial score (nSPS) is 10.1. The summed E-state index contributed by atoms with van der Waals surface area (Å²) in [6.45, 7) is 3.49. The van der Waals surface area contributed by atoms with Gasteiger partial charge in [0.25, 0.3) is 0 Å². The van der Waals surface area contributed by atoms with Crippen molar-refractivity contribution < 1.29 is 9.53 Å². The van der Waals surface area contributed by atoms with Gasteiger partial charge in [0, 0.05) is 19.3 Å². The molecule has 1 amide bonds. The number of nitrogens with one attached hydrogen (secondary N) is 1. The molecule has 0 saturated heterocycles. The summed E-state index contributed by atoms with van der Waals surface area (Å²) in [5.74, 6) is 0.887. The standard InChI is InChI=1S/C18H22N2O2/c1-3-22-17-11-9-16(10-12-17)19-13-18(21)20(2)14-15-7-5-4-6-8-15/h4-12,19H,3,13-14H2,1-2H3. The number of carbonyl (C=O) groups is 1. The molecule has 0 unspecified atom stereocenters. The minimum atomic E-state index is 0.0535. The Labute approximate surface area is 131 Å². The number of likely N-dealkylation sites (N-methyl/N-ethyl adjacent to an activating group) is 1. The number of ether oxygens (including phenoxy) is 1. The summed E-state index contributed by atoms with van der Waals surface area (Å²) in [5, 5.41) is 3.13. The molecule has 0 aliphatic heterocycles. The number of anilines is 1. The van der Waals surface area contributed by atoms with E-state index in [9.17, 15) is 4.79 Å². The molecule has 4 nitrogen and oxygen atoms in total. The van der Waals surface area contributed by atoms with Crippen molar-refractivity contribution in [2.24, 2.45) is 0 Å². The predicted molar refractivity (Wildman–Crippen MR) is 89.0 cm³/mol. The Bertz CT molecular complexity index is 582. The molecule has 1 N–H and O–H groups in total. The number of rotatable bonds is 7. The maximum absolute atomic E-state index is 12.1. The van der Waals surface area contributed by atoms with Gasteiger partial charge in [-0.3, -0.25) is 4.79 Å². The second-order valence-corrected chi connectivity index (χ2v) is 5.05. The molecule has 0 radical (unpaired) electrons. The third-order valence-electron chi connectivity index (χ3n) is 3.30. The van der Waals surface area contributed by atoms with Crippen LogP contribution in [0.5, 0.6) is 5.75 Å². The maximum atomic E-state index is 12.1. The molecule has 0 atom stereocenters. The van der Waals surface area contributed by atoms with Gasteiger partial charge < -0.3 is 15.0 Å². The van der Waals surface area contributed by atoms with Gasteiger partial charge in [-0.15, -0.1) is 0 Å². The number of hydrogen-bond donors (Lipinski definition) is 1. The van der Waals surface area contributed by atoms with Crippen LogP contribution in [0, 0.1) is 0 Å². The quantitative estimate of drug-likeness (QED) is 0.853. The SMILES string of the molecule is CCOc1ccc(NCC(=O)N(C)Cc2ccccc2)cc1. The van der Waals surface area contributed by atoms with Crippen LogP contribution < -0.4 is 10.1 Å². The summed E-state index contributed by atoms with van der Waals surface area (Å²) >= 11 is 0. The lowest BCUT2D eigenvalue weighted by atomic mass is 10.2. The Morgan fingerprint density at radius 3 is 2.41 bits per heavy atom. The average Bonchev–Trinajstić information content (AvgIpc) is 2.55. The molecule has 0 bridgehead atoms. The van der Waals surface area contributed by atoms with E-state index >= 15 is 0 Å². The van der Waals surface area contributed by atoms with Crippen LogP contribution in [0.15, 0.2) is 54.6 Å². The molecule has 116 valence electrons. The highest BCUT2D eigenvalue weighted by Crippen LogP contribution is 2.15. The van der Waals surface area contributed by atoms with Crippen LogP contribution in [-0.2, 0) is 11.3 Å². The molecule has 2 aromatic rings. The van der Waals surface area contributed by atoms with Gasteiger partial charge in [0.2, 0.25) is 5.91 Å². The first-order chi connectivity index (χ1) is 10.7. The van der Waals surface area contributed by atoms with E-state index in [0.717, 1.165) is 17.0 Å². The van der Waals surface area contributed by atoms with Gasteiger partial charge >= 0.3 is 0 Å². The molecule has 0 aliphatic rings. The number of hydrogen-bond acceptors (Lipinski definition) is 3. The molecule has 0 heterocycles. The molecular weight excluding hydrogens is 276 g/mol. The van der Waals surface area contributed by atoms with Crippen LogP contribution in [0.1, 0.15) is 12.5 Å². The lowest BCUT2D eigenvalue weighted by Gasteiger charge is -2.18. The van der Waals surface area contributed by atoms with Gasteiger partial charge in [0.1, 0.15) is 5.75 Å². The Kier molecular flexibility index (Phi) is 5.83. The predicted octanol–water partition coefficient (Wildman–Crippen LogP) is 3.16. The molecule has 2 aromatic carbocycles. The Hall–Kier alpha value is -2.49. The van der Waals surface area contributed by atoms with Gasteiger partial charge in [-0.2, -0.15) is 0 Å². The topological polar surface area (TPSA) is 41.6 Å². The average molecular weight is 298 g/mol. The summed E-state index contributed by atoms with van der Waals surface area (Å²) in [7, 11) is 1.81. The smallest absolute Gasteiger partial charge is 0.241 e. The second-order valence-electron chi connectivity index (χ2n) is 5.05. The van der Waals surface area contributed by atoms with E-state index in [1.54, 1.807) is 4.90 Å². The molecule has 4 heteroatoms. The number of carbonyl (C=O) groups excluding carboxylic acids is 1. The van der Waals surface area contributed by atoms with Crippen molar-refractivity contribution in [2.45, 2.75) is 13.5 Å². The molecule has 0 aromatic heterocycles. The fraction of sp³-hybridized carbons (Fsp3) is 0.278. The van der Waals surface area contributed by atoms with Gasteiger partial charge in [-0.05, 0) is 36.8 Å². The highest BCUT2D eigenvalue weighted by Gasteiger charge is 2.08. The third kappa shape index (κ3) is 4.81. The van der Waals surface area contributed by atoms with Crippen molar-refractivity contribution in [1.82, 2.24) is 4.90 Å². The van der Waals surface area contributed by atoms with E-state index in [1.165, 1.54) is 0 Å². The van der Waals surface area contributed by atoms with E-state index in [0.29, 0.717) is 13.2 Å². The second kappa shape index (κ2) is 8.08. The molecule has 0 spiro atoms. The zero-order chi connectivity index (χ0) is 15.8. The van der Waals surface area contributed by atoms with Crippen molar-refractivity contribution >= 4 is 11.6 Å². The van der Waals surface area contributed by atoms with Crippen LogP contribution in [0.2, 0.25) is 0 Å². The molecular formula is C18H22N2O2. The first kappa shape index (κ1) is 15.9. The summed E-state index contributed by atoms with van der Waals surface area (Å²) in [5.41, 5.74) is 2.03. The van der Waals surface area contributed by atoms with Gasteiger partial charge in [-0.1, -0.05) is 30.3 Å². The highest BCUT2D eigenvalue weighted by atomic mass is 16.5. The Balaban J connectivity index is 1.81. The van der Waals surface area contributed by atoms with Crippen LogP contribution in [0.3, 0.4) is 0 Å². The minimum Gasteiger partial charge on any atom is -0.494 e. The molecule has 0 saturated carbocycles. The van der Waals surface area contributed by atoms with E-state index in [4.69, 9.17) is 4.74 Å². The van der Waals surface area contributed by atoms with Crippen molar-refractivity contribution in [3.8, 4) is 5.75 Å². The number of amides is 1. The van der Waals surface area contributed by atoms with E-state index < -0.39 is 0 Å². The van der Waals surface area contributed by atoms with Gasteiger partial charge in [0.05, 0.1) is 13.2 Å². The zero-order valence-electron chi connectivity index (χ0n) is 13.1. The zero-order valence-corrected chi connectivity index (χ0v) is 13.1. The minimum absolute atomic E-state index is 0.0535. The largest absolute Gasteiger partial charge is 0.494 e. The molecule has 22 heavy (non-hydrogen) atoms. The first-order valence-corrected chi connectivity index (χ1v) is 7.43. The summed E-state index contributed by atoms with van der Waals surface area (Å²) in [4.78, 5) is 13.8. The van der Waals surface area contributed by atoms with Crippen molar-refractivity contribution in [3.63, 3.8) is 0 Å². The van der Waals surface area contributed by atoms with Crippen LogP contribution in [0.4, 0.5) is 5.69 Å². The highest BCUT2D eigenvalue weighted by molar-refractivity contribution is 5.80. The lowest BCUT2D eigenvalue weighted by molar-refractivity contribution is -0.128. The Morgan fingerprint density at radius 2 is 1.77 bits per heavy atom. The summed E-state index contributed by atoms with van der Waals surface area (Å²) in [6, 6.07) is 17.6. The monoisotopic (exact) mass is 298 g/mol. The summed E-state index contributed by atoms with van der Waals surface area (Å²) < 4.78 is 5.39. The lowest BCUT2D eigenvalue weighted by Crippen LogP contribution is -2.31. The van der Waals surface area contributed by atoms with Crippen molar-refractivity contribution in [3.05, 3.63) is 60.2 Å². The van der Waals surface area contributed by atoms with Crippen LogP contribution in [0.25, 0.3) is 0 Å².